The van der Waals surface area contributed by atoms with Crippen LogP contribution in [0.1, 0.15) is 27.0 Å². The number of phenolic OH excluding ortho intramolecular Hbond substituents is 1. The van der Waals surface area contributed by atoms with Gasteiger partial charge in [0, 0.05) is 5.56 Å². The van der Waals surface area contributed by atoms with Crippen molar-refractivity contribution in [2.45, 2.75) is 12.8 Å². The number of hydrogen-bond donors (Lipinski definition) is 2. The smallest absolute Gasteiger partial charge is 0.336 e. The molecule has 2 aromatic rings. The highest BCUT2D eigenvalue weighted by Crippen LogP contribution is 2.27. The van der Waals surface area contributed by atoms with E-state index in [0.29, 0.717) is 17.5 Å². The van der Waals surface area contributed by atoms with Crippen LogP contribution in [0, 0.1) is 0 Å². The number of aryl methyl sites for hydroxylation is 1. The largest absolute Gasteiger partial charge is 0.508 e. The summed E-state index contributed by atoms with van der Waals surface area (Å²) in [6.07, 6.45) is 2.79. The lowest BCUT2D eigenvalue weighted by atomic mass is 9.95. The Bertz CT molecular complexity index is 630. The molecular weight excluding hydrogens is 252 g/mol. The maximum absolute atomic E-state index is 11.2. The van der Waals surface area contributed by atoms with Crippen molar-refractivity contribution in [3.05, 3.63) is 71.3 Å². The Labute approximate surface area is 117 Å². The molecule has 0 amide bonds. The molecular formula is C17H16O3. The minimum atomic E-state index is -1.01. The van der Waals surface area contributed by atoms with Crippen molar-refractivity contribution in [1.82, 2.24) is 0 Å². The molecule has 0 saturated heterocycles. The highest BCUT2D eigenvalue weighted by atomic mass is 16.4. The molecule has 0 aliphatic rings. The number of carbonyl (C=O) groups is 1. The summed E-state index contributed by atoms with van der Waals surface area (Å²) >= 11 is 0. The highest BCUT2D eigenvalue weighted by molar-refractivity contribution is 5.93. The molecule has 0 spiro atoms. The molecule has 2 N–H and O–H groups in total. The van der Waals surface area contributed by atoms with Gasteiger partial charge in [-0.25, -0.2) is 4.79 Å². The number of hydrogen-bond acceptors (Lipinski definition) is 2. The van der Waals surface area contributed by atoms with Crippen molar-refractivity contribution in [2.75, 3.05) is 0 Å². The Kier molecular flexibility index (Phi) is 4.20. The summed E-state index contributed by atoms with van der Waals surface area (Å²) in [7, 11) is 0. The Morgan fingerprint density at radius 1 is 1.10 bits per heavy atom. The van der Waals surface area contributed by atoms with Crippen molar-refractivity contribution in [3.63, 3.8) is 0 Å². The molecule has 0 aliphatic heterocycles. The van der Waals surface area contributed by atoms with Gasteiger partial charge in [0.25, 0.3) is 0 Å². The van der Waals surface area contributed by atoms with Crippen LogP contribution in [-0.4, -0.2) is 16.2 Å². The van der Waals surface area contributed by atoms with Crippen LogP contribution in [-0.2, 0) is 12.8 Å². The third-order valence-electron chi connectivity index (χ3n) is 3.27. The first-order chi connectivity index (χ1) is 9.63. The summed E-state index contributed by atoms with van der Waals surface area (Å²) in [5.74, 6) is -0.901. The SMILES string of the molecule is C=Cc1c(C(=O)O)ccc(O)c1CCc1ccccc1. The van der Waals surface area contributed by atoms with E-state index in [1.54, 1.807) is 0 Å². The van der Waals surface area contributed by atoms with E-state index < -0.39 is 5.97 Å². The molecule has 20 heavy (non-hydrogen) atoms. The quantitative estimate of drug-likeness (QED) is 0.872. The zero-order chi connectivity index (χ0) is 14.5. The van der Waals surface area contributed by atoms with E-state index in [-0.39, 0.29) is 11.3 Å². The lowest BCUT2D eigenvalue weighted by Crippen LogP contribution is -2.04. The number of phenols is 1. The standard InChI is InChI=1S/C17H16O3/c1-2-13-14(9-8-12-6-4-3-5-7-12)16(18)11-10-15(13)17(19)20/h2-7,10-11,18H,1,8-9H2,(H,19,20). The Hall–Kier alpha value is -2.55. The first-order valence-electron chi connectivity index (χ1n) is 6.38. The Balaban J connectivity index is 2.33. The second-order valence-electron chi connectivity index (χ2n) is 4.52. The predicted octanol–water partition coefficient (Wildman–Crippen LogP) is 3.52. The van der Waals surface area contributed by atoms with Gasteiger partial charge in [-0.3, -0.25) is 0 Å². The monoisotopic (exact) mass is 268 g/mol. The molecule has 0 fully saturated rings. The molecule has 0 heterocycles. The van der Waals surface area contributed by atoms with Gasteiger partial charge in [-0.15, -0.1) is 0 Å². The molecule has 3 nitrogen and oxygen atoms in total. The van der Waals surface area contributed by atoms with Crippen LogP contribution in [0.15, 0.2) is 49.0 Å². The van der Waals surface area contributed by atoms with Crippen molar-refractivity contribution < 1.29 is 15.0 Å². The van der Waals surface area contributed by atoms with Crippen molar-refractivity contribution in [1.29, 1.82) is 0 Å². The first-order valence-corrected chi connectivity index (χ1v) is 6.38. The molecule has 2 aromatic carbocycles. The summed E-state index contributed by atoms with van der Waals surface area (Å²) < 4.78 is 0. The average Bonchev–Trinajstić information content (AvgIpc) is 2.46. The first kappa shape index (κ1) is 13.9. The number of carboxylic acids is 1. The van der Waals surface area contributed by atoms with E-state index in [9.17, 15) is 9.90 Å². The minimum absolute atomic E-state index is 0.112. The van der Waals surface area contributed by atoms with Crippen LogP contribution in [0.5, 0.6) is 5.75 Å². The van der Waals surface area contributed by atoms with E-state index >= 15 is 0 Å². The van der Waals surface area contributed by atoms with E-state index in [4.69, 9.17) is 5.11 Å². The van der Waals surface area contributed by atoms with Gasteiger partial charge in [0.15, 0.2) is 0 Å². The number of aromatic hydroxyl groups is 1. The fourth-order valence-corrected chi connectivity index (χ4v) is 2.25. The normalized spacial score (nSPS) is 10.2. The molecule has 0 bridgehead atoms. The van der Waals surface area contributed by atoms with Gasteiger partial charge < -0.3 is 10.2 Å². The van der Waals surface area contributed by atoms with Gasteiger partial charge in [-0.2, -0.15) is 0 Å². The molecule has 0 radical (unpaired) electrons. The maximum Gasteiger partial charge on any atom is 0.336 e. The number of aromatic carboxylic acids is 1. The van der Waals surface area contributed by atoms with Crippen molar-refractivity contribution >= 4 is 12.0 Å². The lowest BCUT2D eigenvalue weighted by molar-refractivity contribution is 0.0696. The van der Waals surface area contributed by atoms with Crippen LogP contribution in [0.2, 0.25) is 0 Å². The summed E-state index contributed by atoms with van der Waals surface area (Å²) in [4.78, 5) is 11.2. The van der Waals surface area contributed by atoms with E-state index in [0.717, 1.165) is 12.0 Å². The minimum Gasteiger partial charge on any atom is -0.508 e. The number of rotatable bonds is 5. The molecule has 0 saturated carbocycles. The summed E-state index contributed by atoms with van der Waals surface area (Å²) in [6, 6.07) is 12.7. The zero-order valence-corrected chi connectivity index (χ0v) is 11.0. The number of carboxylic acid groups (broad SMARTS) is 1. The molecule has 2 rings (SSSR count). The van der Waals surface area contributed by atoms with Crippen LogP contribution in [0.3, 0.4) is 0 Å². The van der Waals surface area contributed by atoms with E-state index in [2.05, 4.69) is 6.58 Å². The average molecular weight is 268 g/mol. The van der Waals surface area contributed by atoms with Gasteiger partial charge in [0.1, 0.15) is 5.75 Å². The summed E-state index contributed by atoms with van der Waals surface area (Å²) in [6.45, 7) is 3.66. The topological polar surface area (TPSA) is 57.5 Å². The van der Waals surface area contributed by atoms with E-state index in [1.807, 2.05) is 30.3 Å². The molecule has 0 aromatic heterocycles. The molecule has 3 heteroatoms. The zero-order valence-electron chi connectivity index (χ0n) is 11.0. The third kappa shape index (κ3) is 2.88. The van der Waals surface area contributed by atoms with Gasteiger partial charge in [0.05, 0.1) is 5.56 Å². The van der Waals surface area contributed by atoms with Crippen molar-refractivity contribution in [3.8, 4) is 5.75 Å². The van der Waals surface area contributed by atoms with Gasteiger partial charge in [0.2, 0.25) is 0 Å². The Morgan fingerprint density at radius 3 is 2.40 bits per heavy atom. The van der Waals surface area contributed by atoms with Crippen LogP contribution in [0.4, 0.5) is 0 Å². The number of benzene rings is 2. The van der Waals surface area contributed by atoms with Crippen LogP contribution in [0.25, 0.3) is 6.08 Å². The van der Waals surface area contributed by atoms with Crippen LogP contribution >= 0.6 is 0 Å². The molecule has 102 valence electrons. The third-order valence-corrected chi connectivity index (χ3v) is 3.27. The second-order valence-corrected chi connectivity index (χ2v) is 4.52. The highest BCUT2D eigenvalue weighted by Gasteiger charge is 2.15. The maximum atomic E-state index is 11.2. The fourth-order valence-electron chi connectivity index (χ4n) is 2.25. The van der Waals surface area contributed by atoms with Gasteiger partial charge in [-0.05, 0) is 36.1 Å². The second kappa shape index (κ2) is 6.06. The molecule has 0 atom stereocenters. The summed E-state index contributed by atoms with van der Waals surface area (Å²) in [5, 5.41) is 19.1. The Morgan fingerprint density at radius 2 is 1.80 bits per heavy atom. The van der Waals surface area contributed by atoms with Crippen LogP contribution < -0.4 is 0 Å². The fraction of sp³-hybridized carbons (Fsp3) is 0.118. The van der Waals surface area contributed by atoms with E-state index in [1.165, 1.54) is 18.2 Å². The molecule has 0 unspecified atom stereocenters. The molecule has 0 aliphatic carbocycles. The lowest BCUT2D eigenvalue weighted by Gasteiger charge is -2.11. The van der Waals surface area contributed by atoms with Gasteiger partial charge >= 0.3 is 5.97 Å². The van der Waals surface area contributed by atoms with Gasteiger partial charge in [-0.1, -0.05) is 43.0 Å². The predicted molar refractivity (Wildman–Crippen MR) is 79.0 cm³/mol. The summed E-state index contributed by atoms with van der Waals surface area (Å²) in [5.41, 5.74) is 2.43. The van der Waals surface area contributed by atoms with Crippen molar-refractivity contribution in [2.24, 2.45) is 0 Å².